The molecule has 1 aliphatic rings. The fourth-order valence-electron chi connectivity index (χ4n) is 3.28. The van der Waals surface area contributed by atoms with E-state index in [1.807, 2.05) is 5.51 Å². The van der Waals surface area contributed by atoms with Gasteiger partial charge >= 0.3 is 0 Å². The number of nitrogens with zero attached hydrogens (tertiary/aromatic N) is 3. The molecule has 2 aromatic heterocycles. The van der Waals surface area contributed by atoms with Gasteiger partial charge in [0, 0.05) is 29.2 Å². The van der Waals surface area contributed by atoms with Gasteiger partial charge in [-0.25, -0.2) is 4.98 Å². The van der Waals surface area contributed by atoms with E-state index in [9.17, 15) is 0 Å². The summed E-state index contributed by atoms with van der Waals surface area (Å²) >= 11 is 1.65. The van der Waals surface area contributed by atoms with E-state index >= 15 is 0 Å². The highest BCUT2D eigenvalue weighted by molar-refractivity contribution is 7.07. The standard InChI is InChI=1S/C18H20N4S.ClH/c1-2-5-14(6-3-1)11-22-18-8-4-7-17(16(18)10-21-22)19-9-15-12-23-13-20-15;/h1-3,5-6,10,12-13,17,19H,4,7-9,11H2;1H. The summed E-state index contributed by atoms with van der Waals surface area (Å²) in [6, 6.07) is 10.9. The van der Waals surface area contributed by atoms with E-state index in [1.165, 1.54) is 29.7 Å². The van der Waals surface area contributed by atoms with Crippen LogP contribution in [0.15, 0.2) is 47.4 Å². The summed E-state index contributed by atoms with van der Waals surface area (Å²) < 4.78 is 2.17. The molecule has 4 nitrogen and oxygen atoms in total. The molecule has 1 aliphatic carbocycles. The smallest absolute Gasteiger partial charge is 0.0795 e. The maximum atomic E-state index is 4.65. The van der Waals surface area contributed by atoms with Crippen LogP contribution in [0.5, 0.6) is 0 Å². The first-order valence-corrected chi connectivity index (χ1v) is 9.03. The first-order chi connectivity index (χ1) is 11.4. The van der Waals surface area contributed by atoms with Gasteiger partial charge in [-0.15, -0.1) is 23.7 Å². The van der Waals surface area contributed by atoms with Crippen molar-refractivity contribution in [3.8, 4) is 0 Å². The molecule has 24 heavy (non-hydrogen) atoms. The van der Waals surface area contributed by atoms with Crippen LogP contribution >= 0.6 is 23.7 Å². The van der Waals surface area contributed by atoms with Gasteiger partial charge in [0.15, 0.2) is 0 Å². The maximum Gasteiger partial charge on any atom is 0.0795 e. The maximum absolute atomic E-state index is 4.65. The molecule has 1 atom stereocenters. The van der Waals surface area contributed by atoms with Crippen LogP contribution in [0.25, 0.3) is 0 Å². The minimum Gasteiger partial charge on any atom is -0.304 e. The third-order valence-electron chi connectivity index (χ3n) is 4.45. The van der Waals surface area contributed by atoms with E-state index in [4.69, 9.17) is 0 Å². The predicted molar refractivity (Wildman–Crippen MR) is 99.7 cm³/mol. The minimum absolute atomic E-state index is 0. The molecule has 6 heteroatoms. The Morgan fingerprint density at radius 3 is 2.92 bits per heavy atom. The highest BCUT2D eigenvalue weighted by atomic mass is 35.5. The predicted octanol–water partition coefficient (Wildman–Crippen LogP) is 3.98. The molecule has 0 radical (unpaired) electrons. The molecule has 3 aromatic rings. The molecule has 2 heterocycles. The van der Waals surface area contributed by atoms with Crippen LogP contribution in [0.2, 0.25) is 0 Å². The van der Waals surface area contributed by atoms with E-state index in [1.54, 1.807) is 11.3 Å². The summed E-state index contributed by atoms with van der Waals surface area (Å²) in [5, 5.41) is 10.4. The number of hydrogen-bond acceptors (Lipinski definition) is 4. The van der Waals surface area contributed by atoms with Gasteiger partial charge < -0.3 is 5.32 Å². The minimum atomic E-state index is 0. The molecule has 1 aromatic carbocycles. The van der Waals surface area contributed by atoms with Crippen molar-refractivity contribution in [2.45, 2.75) is 38.4 Å². The van der Waals surface area contributed by atoms with Crippen molar-refractivity contribution in [2.75, 3.05) is 0 Å². The average Bonchev–Trinajstić information content (AvgIpc) is 3.24. The zero-order valence-corrected chi connectivity index (χ0v) is 15.0. The van der Waals surface area contributed by atoms with E-state index in [-0.39, 0.29) is 12.4 Å². The van der Waals surface area contributed by atoms with Crippen molar-refractivity contribution in [1.29, 1.82) is 0 Å². The SMILES string of the molecule is Cl.c1ccc(Cn2ncc3c2CCCC3NCc2cscn2)cc1. The Morgan fingerprint density at radius 1 is 1.25 bits per heavy atom. The highest BCUT2D eigenvalue weighted by Crippen LogP contribution is 2.30. The molecule has 4 rings (SSSR count). The normalized spacial score (nSPS) is 16.4. The van der Waals surface area contributed by atoms with Crippen molar-refractivity contribution in [1.82, 2.24) is 20.1 Å². The summed E-state index contributed by atoms with van der Waals surface area (Å²) in [5.41, 5.74) is 7.06. The van der Waals surface area contributed by atoms with E-state index in [0.29, 0.717) is 6.04 Å². The van der Waals surface area contributed by atoms with Crippen molar-refractivity contribution < 1.29 is 0 Å². The van der Waals surface area contributed by atoms with Gasteiger partial charge in [0.25, 0.3) is 0 Å². The molecule has 0 fully saturated rings. The summed E-state index contributed by atoms with van der Waals surface area (Å²) in [6.45, 7) is 1.69. The number of fused-ring (bicyclic) bond motifs is 1. The number of halogens is 1. The van der Waals surface area contributed by atoms with E-state index in [2.05, 4.69) is 62.0 Å². The Labute approximate surface area is 152 Å². The van der Waals surface area contributed by atoms with Gasteiger partial charge in [0.05, 0.1) is 23.9 Å². The number of thiazole rings is 1. The lowest BCUT2D eigenvalue weighted by molar-refractivity contribution is 0.447. The lowest BCUT2D eigenvalue weighted by atomic mass is 9.93. The second-order valence-electron chi connectivity index (χ2n) is 6.00. The molecule has 1 unspecified atom stereocenters. The van der Waals surface area contributed by atoms with Gasteiger partial charge in [-0.1, -0.05) is 30.3 Å². The largest absolute Gasteiger partial charge is 0.304 e. The van der Waals surface area contributed by atoms with Crippen molar-refractivity contribution in [3.63, 3.8) is 0 Å². The molecular formula is C18H21ClN4S. The number of hydrogen-bond donors (Lipinski definition) is 1. The Bertz CT molecular complexity index is 755. The Balaban J connectivity index is 0.00000169. The Hall–Kier alpha value is -1.69. The zero-order valence-electron chi connectivity index (χ0n) is 13.4. The second kappa shape index (κ2) is 7.92. The quantitative estimate of drug-likeness (QED) is 0.748. The molecule has 0 amide bonds. The van der Waals surface area contributed by atoms with Crippen LogP contribution in [-0.4, -0.2) is 14.8 Å². The topological polar surface area (TPSA) is 42.7 Å². The molecule has 0 bridgehead atoms. The summed E-state index contributed by atoms with van der Waals surface area (Å²) in [7, 11) is 0. The number of aromatic nitrogens is 3. The van der Waals surface area contributed by atoms with E-state index < -0.39 is 0 Å². The molecule has 0 spiro atoms. The van der Waals surface area contributed by atoms with Crippen LogP contribution in [-0.2, 0) is 19.5 Å². The van der Waals surface area contributed by atoms with Crippen LogP contribution in [0.1, 0.15) is 41.4 Å². The van der Waals surface area contributed by atoms with Crippen molar-refractivity contribution in [3.05, 3.63) is 69.9 Å². The first kappa shape index (κ1) is 17.1. The van der Waals surface area contributed by atoms with Crippen LogP contribution in [0.4, 0.5) is 0 Å². The van der Waals surface area contributed by atoms with Crippen molar-refractivity contribution >= 4 is 23.7 Å². The molecular weight excluding hydrogens is 340 g/mol. The molecule has 126 valence electrons. The average molecular weight is 361 g/mol. The lowest BCUT2D eigenvalue weighted by Crippen LogP contribution is -2.25. The molecule has 0 saturated heterocycles. The van der Waals surface area contributed by atoms with Gasteiger partial charge in [-0.3, -0.25) is 4.68 Å². The Kier molecular flexibility index (Phi) is 5.66. The van der Waals surface area contributed by atoms with Crippen LogP contribution < -0.4 is 5.32 Å². The van der Waals surface area contributed by atoms with Crippen LogP contribution in [0.3, 0.4) is 0 Å². The number of nitrogens with one attached hydrogen (secondary N) is 1. The summed E-state index contributed by atoms with van der Waals surface area (Å²) in [6.07, 6.45) is 5.56. The highest BCUT2D eigenvalue weighted by Gasteiger charge is 2.24. The van der Waals surface area contributed by atoms with Crippen molar-refractivity contribution in [2.24, 2.45) is 0 Å². The van der Waals surface area contributed by atoms with E-state index in [0.717, 1.165) is 25.2 Å². The van der Waals surface area contributed by atoms with Gasteiger partial charge in [-0.05, 0) is 24.8 Å². The molecule has 0 aliphatic heterocycles. The Morgan fingerprint density at radius 2 is 2.12 bits per heavy atom. The van der Waals surface area contributed by atoms with Crippen LogP contribution in [0, 0.1) is 0 Å². The lowest BCUT2D eigenvalue weighted by Gasteiger charge is -2.24. The molecule has 1 N–H and O–H groups in total. The van der Waals surface area contributed by atoms with Gasteiger partial charge in [-0.2, -0.15) is 5.10 Å². The number of rotatable bonds is 5. The first-order valence-electron chi connectivity index (χ1n) is 8.09. The third-order valence-corrected chi connectivity index (χ3v) is 5.09. The van der Waals surface area contributed by atoms with Gasteiger partial charge in [0.1, 0.15) is 0 Å². The monoisotopic (exact) mass is 360 g/mol. The zero-order chi connectivity index (χ0) is 15.5. The summed E-state index contributed by atoms with van der Waals surface area (Å²) in [5.74, 6) is 0. The number of benzene rings is 1. The second-order valence-corrected chi connectivity index (χ2v) is 6.71. The third kappa shape index (κ3) is 3.69. The fourth-order valence-corrected chi connectivity index (χ4v) is 3.83. The fraction of sp³-hybridized carbons (Fsp3) is 0.333. The summed E-state index contributed by atoms with van der Waals surface area (Å²) in [4.78, 5) is 4.35. The molecule has 0 saturated carbocycles. The van der Waals surface area contributed by atoms with Gasteiger partial charge in [0.2, 0.25) is 0 Å².